The molecule has 0 spiro atoms. The zero-order valence-electron chi connectivity index (χ0n) is 19.6. The Morgan fingerprint density at radius 2 is 1.42 bits per heavy atom. The van der Waals surface area contributed by atoms with Gasteiger partial charge >= 0.3 is 0 Å². The van der Waals surface area contributed by atoms with Crippen molar-refractivity contribution in [3.05, 3.63) is 59.4 Å². The highest BCUT2D eigenvalue weighted by Crippen LogP contribution is 2.39. The third kappa shape index (κ3) is 5.69. The van der Waals surface area contributed by atoms with Gasteiger partial charge < -0.3 is 0 Å². The lowest BCUT2D eigenvalue weighted by Crippen LogP contribution is -2.19. The molecule has 2 heteroatoms. The first-order valence-electron chi connectivity index (χ1n) is 12.9. The SMILES string of the molecule is CCCC1CCC(c2ccc(-c3ccc(C4CC[Si](CCC)CC4)cc3)c(F)c2)CC1. The van der Waals surface area contributed by atoms with E-state index in [1.807, 2.05) is 12.1 Å². The summed E-state index contributed by atoms with van der Waals surface area (Å²) in [5.74, 6) is 2.11. The van der Waals surface area contributed by atoms with E-state index in [-0.39, 0.29) is 14.6 Å². The van der Waals surface area contributed by atoms with Gasteiger partial charge in [0, 0.05) is 14.4 Å². The molecule has 0 unspecified atom stereocenters. The molecule has 1 saturated carbocycles. The third-order valence-corrected chi connectivity index (χ3v) is 11.2. The van der Waals surface area contributed by atoms with Crippen LogP contribution in [0.4, 0.5) is 4.39 Å². The summed E-state index contributed by atoms with van der Waals surface area (Å²) in [4.78, 5) is 0. The molecule has 0 bridgehead atoms. The number of rotatable bonds is 7. The van der Waals surface area contributed by atoms with Crippen LogP contribution >= 0.6 is 0 Å². The Labute approximate surface area is 191 Å². The van der Waals surface area contributed by atoms with Crippen molar-refractivity contribution in [1.29, 1.82) is 0 Å². The average molecular weight is 436 g/mol. The molecular formula is C29H40FSi. The molecule has 2 fully saturated rings. The van der Waals surface area contributed by atoms with Crippen molar-refractivity contribution >= 4 is 8.80 Å². The summed E-state index contributed by atoms with van der Waals surface area (Å²) in [7, 11) is -0.0636. The molecule has 0 atom stereocenters. The normalized spacial score (nSPS) is 23.2. The van der Waals surface area contributed by atoms with Crippen molar-refractivity contribution in [3.63, 3.8) is 0 Å². The van der Waals surface area contributed by atoms with Crippen LogP contribution in [0.15, 0.2) is 42.5 Å². The minimum Gasteiger partial charge on any atom is -0.206 e. The Bertz CT molecular complexity index is 811. The topological polar surface area (TPSA) is 0 Å². The molecule has 0 nitrogen and oxygen atoms in total. The fourth-order valence-electron chi connectivity index (χ4n) is 6.11. The summed E-state index contributed by atoms with van der Waals surface area (Å²) in [5, 5.41) is 0. The Hall–Kier alpha value is -1.41. The zero-order chi connectivity index (χ0) is 21.6. The van der Waals surface area contributed by atoms with Gasteiger partial charge in [0.1, 0.15) is 5.82 Å². The first-order valence-corrected chi connectivity index (χ1v) is 15.0. The summed E-state index contributed by atoms with van der Waals surface area (Å²) in [5.41, 5.74) is 4.44. The second-order valence-corrected chi connectivity index (χ2v) is 13.1. The van der Waals surface area contributed by atoms with Crippen LogP contribution in [-0.4, -0.2) is 8.80 Å². The first-order chi connectivity index (χ1) is 15.2. The Balaban J connectivity index is 1.39. The van der Waals surface area contributed by atoms with Gasteiger partial charge in [-0.25, -0.2) is 4.39 Å². The minimum absolute atomic E-state index is 0.0506. The van der Waals surface area contributed by atoms with E-state index in [1.54, 1.807) is 0 Å². The number of benzene rings is 2. The average Bonchev–Trinajstić information content (AvgIpc) is 2.81. The fourth-order valence-corrected chi connectivity index (χ4v) is 9.08. The highest BCUT2D eigenvalue weighted by atomic mass is 28.3. The molecule has 2 aliphatic rings. The maximum Gasteiger partial charge on any atom is 0.131 e. The van der Waals surface area contributed by atoms with E-state index in [1.165, 1.54) is 87.0 Å². The van der Waals surface area contributed by atoms with E-state index in [2.05, 4.69) is 44.2 Å². The van der Waals surface area contributed by atoms with Gasteiger partial charge in [0.25, 0.3) is 0 Å². The molecule has 1 radical (unpaired) electrons. The predicted octanol–water partition coefficient (Wildman–Crippen LogP) is 9.35. The highest BCUT2D eigenvalue weighted by molar-refractivity contribution is 6.59. The molecule has 0 N–H and O–H groups in total. The minimum atomic E-state index is -0.0636. The van der Waals surface area contributed by atoms with Gasteiger partial charge in [-0.1, -0.05) is 87.6 Å². The van der Waals surface area contributed by atoms with Crippen LogP contribution in [-0.2, 0) is 0 Å². The number of halogens is 1. The number of hydrogen-bond donors (Lipinski definition) is 0. The van der Waals surface area contributed by atoms with Crippen LogP contribution in [0.3, 0.4) is 0 Å². The lowest BCUT2D eigenvalue weighted by atomic mass is 9.77. The van der Waals surface area contributed by atoms with Crippen LogP contribution in [0.25, 0.3) is 11.1 Å². The van der Waals surface area contributed by atoms with Crippen LogP contribution in [0.5, 0.6) is 0 Å². The molecule has 1 heterocycles. The molecule has 0 amide bonds. The first kappa shape index (κ1) is 22.8. The van der Waals surface area contributed by atoms with Crippen LogP contribution < -0.4 is 0 Å². The molecule has 2 aromatic rings. The summed E-state index contributed by atoms with van der Waals surface area (Å²) < 4.78 is 15.1. The molecular weight excluding hydrogens is 395 g/mol. The lowest BCUT2D eigenvalue weighted by Gasteiger charge is -2.29. The van der Waals surface area contributed by atoms with Crippen molar-refractivity contribution < 1.29 is 4.39 Å². The molecule has 2 aromatic carbocycles. The summed E-state index contributed by atoms with van der Waals surface area (Å²) in [6, 6.07) is 19.3. The van der Waals surface area contributed by atoms with Crippen LogP contribution in [0.2, 0.25) is 18.1 Å². The predicted molar refractivity (Wildman–Crippen MR) is 134 cm³/mol. The van der Waals surface area contributed by atoms with Crippen molar-refractivity contribution in [2.75, 3.05) is 0 Å². The van der Waals surface area contributed by atoms with Crippen LogP contribution in [0.1, 0.15) is 94.6 Å². The van der Waals surface area contributed by atoms with Gasteiger partial charge in [-0.15, -0.1) is 0 Å². The molecule has 167 valence electrons. The van der Waals surface area contributed by atoms with E-state index < -0.39 is 0 Å². The van der Waals surface area contributed by atoms with Gasteiger partial charge in [0.15, 0.2) is 0 Å². The van der Waals surface area contributed by atoms with Gasteiger partial charge in [0.2, 0.25) is 0 Å². The second-order valence-electron chi connectivity index (χ2n) is 10.1. The maximum atomic E-state index is 15.1. The summed E-state index contributed by atoms with van der Waals surface area (Å²) in [6.45, 7) is 4.61. The quantitative estimate of drug-likeness (QED) is 0.380. The van der Waals surface area contributed by atoms with Crippen molar-refractivity contribution in [3.8, 4) is 11.1 Å². The third-order valence-electron chi connectivity index (χ3n) is 8.00. The Morgan fingerprint density at radius 1 is 0.774 bits per heavy atom. The van der Waals surface area contributed by atoms with Gasteiger partial charge in [0.05, 0.1) is 0 Å². The fraction of sp³-hybridized carbons (Fsp3) is 0.586. The van der Waals surface area contributed by atoms with Gasteiger partial charge in [-0.2, -0.15) is 0 Å². The number of hydrogen-bond acceptors (Lipinski definition) is 0. The van der Waals surface area contributed by atoms with Crippen molar-refractivity contribution in [2.45, 2.75) is 102 Å². The standard InChI is InChI=1S/C29H40FSi/c1-3-5-22-6-8-24(9-7-22)27-14-15-28(29(30)21-27)26-12-10-23(11-13-26)25-16-19-31(18-4-2)20-17-25/h10-15,21-22,24-25H,3-9,16-20H2,1-2H3. The smallest absolute Gasteiger partial charge is 0.131 e. The maximum absolute atomic E-state index is 15.1. The van der Waals surface area contributed by atoms with E-state index in [4.69, 9.17) is 0 Å². The van der Waals surface area contributed by atoms with E-state index >= 15 is 4.39 Å². The monoisotopic (exact) mass is 435 g/mol. The molecule has 1 aliphatic heterocycles. The molecule has 1 saturated heterocycles. The summed E-state index contributed by atoms with van der Waals surface area (Å²) >= 11 is 0. The van der Waals surface area contributed by atoms with E-state index in [9.17, 15) is 0 Å². The van der Waals surface area contributed by atoms with Crippen molar-refractivity contribution in [1.82, 2.24) is 0 Å². The molecule has 1 aliphatic carbocycles. The largest absolute Gasteiger partial charge is 0.206 e. The summed E-state index contributed by atoms with van der Waals surface area (Å²) in [6.07, 6.45) is 11.8. The van der Waals surface area contributed by atoms with Crippen molar-refractivity contribution in [2.24, 2.45) is 5.92 Å². The van der Waals surface area contributed by atoms with E-state index in [0.29, 0.717) is 5.92 Å². The second kappa shape index (κ2) is 10.9. The Kier molecular flexibility index (Phi) is 8.04. The highest BCUT2D eigenvalue weighted by Gasteiger charge is 2.24. The molecule has 0 aromatic heterocycles. The van der Waals surface area contributed by atoms with Gasteiger partial charge in [-0.05, 0) is 79.0 Å². The van der Waals surface area contributed by atoms with E-state index in [0.717, 1.165) is 23.0 Å². The van der Waals surface area contributed by atoms with Crippen LogP contribution in [0, 0.1) is 11.7 Å². The zero-order valence-corrected chi connectivity index (χ0v) is 20.6. The Morgan fingerprint density at radius 3 is 2.03 bits per heavy atom. The molecule has 31 heavy (non-hydrogen) atoms. The molecule has 4 rings (SSSR count). The van der Waals surface area contributed by atoms with Gasteiger partial charge in [-0.3, -0.25) is 0 Å². The lowest BCUT2D eigenvalue weighted by molar-refractivity contribution is 0.308.